The van der Waals surface area contributed by atoms with Crippen molar-refractivity contribution in [3.63, 3.8) is 0 Å². The molecule has 2 aromatic rings. The number of benzene rings is 1. The number of hydrogen-bond acceptors (Lipinski definition) is 3. The maximum Gasteiger partial charge on any atom is 0.214 e. The van der Waals surface area contributed by atoms with E-state index in [0.29, 0.717) is 5.82 Å². The van der Waals surface area contributed by atoms with Gasteiger partial charge in [0.1, 0.15) is 0 Å². The van der Waals surface area contributed by atoms with Crippen LogP contribution in [0.5, 0.6) is 0 Å². The van der Waals surface area contributed by atoms with Gasteiger partial charge in [0.25, 0.3) is 0 Å². The van der Waals surface area contributed by atoms with Gasteiger partial charge in [0.15, 0.2) is 0 Å². The Morgan fingerprint density at radius 3 is 2.85 bits per heavy atom. The van der Waals surface area contributed by atoms with Crippen molar-refractivity contribution in [2.24, 2.45) is 0 Å². The van der Waals surface area contributed by atoms with E-state index in [2.05, 4.69) is 26.1 Å². The Hall–Kier alpha value is -1.16. The SMILES string of the molecule is Cc1cccc(Br)c1-c1ncon1. The highest BCUT2D eigenvalue weighted by atomic mass is 79.9. The van der Waals surface area contributed by atoms with E-state index in [9.17, 15) is 0 Å². The van der Waals surface area contributed by atoms with Crippen molar-refractivity contribution < 1.29 is 4.52 Å². The molecule has 4 heteroatoms. The zero-order chi connectivity index (χ0) is 9.26. The summed E-state index contributed by atoms with van der Waals surface area (Å²) in [7, 11) is 0. The number of nitrogens with zero attached hydrogens (tertiary/aromatic N) is 2. The third-order valence-electron chi connectivity index (χ3n) is 1.81. The van der Waals surface area contributed by atoms with Gasteiger partial charge in [-0.25, -0.2) is 0 Å². The van der Waals surface area contributed by atoms with Crippen LogP contribution in [-0.2, 0) is 0 Å². The van der Waals surface area contributed by atoms with E-state index < -0.39 is 0 Å². The van der Waals surface area contributed by atoms with Crippen molar-refractivity contribution in [1.82, 2.24) is 10.1 Å². The van der Waals surface area contributed by atoms with Crippen LogP contribution in [0.3, 0.4) is 0 Å². The maximum absolute atomic E-state index is 4.70. The molecule has 13 heavy (non-hydrogen) atoms. The van der Waals surface area contributed by atoms with Crippen molar-refractivity contribution in [3.05, 3.63) is 34.6 Å². The van der Waals surface area contributed by atoms with Crippen LogP contribution in [0, 0.1) is 6.92 Å². The van der Waals surface area contributed by atoms with Crippen LogP contribution in [0.2, 0.25) is 0 Å². The normalized spacial score (nSPS) is 10.3. The first kappa shape index (κ1) is 8.44. The lowest BCUT2D eigenvalue weighted by molar-refractivity contribution is 0.418. The smallest absolute Gasteiger partial charge is 0.214 e. The second kappa shape index (κ2) is 3.30. The molecular formula is C9H7BrN2O. The number of hydrogen-bond donors (Lipinski definition) is 0. The Bertz CT molecular complexity index is 391. The third-order valence-corrected chi connectivity index (χ3v) is 2.47. The molecule has 0 radical (unpaired) electrons. The lowest BCUT2D eigenvalue weighted by Gasteiger charge is -2.02. The minimum atomic E-state index is 0.616. The molecule has 0 aliphatic rings. The van der Waals surface area contributed by atoms with Crippen molar-refractivity contribution in [2.45, 2.75) is 6.92 Å². The van der Waals surface area contributed by atoms with E-state index in [-0.39, 0.29) is 0 Å². The first-order valence-electron chi connectivity index (χ1n) is 3.81. The molecule has 0 bridgehead atoms. The van der Waals surface area contributed by atoms with Gasteiger partial charge in [-0.2, -0.15) is 4.98 Å². The number of aromatic nitrogens is 2. The fourth-order valence-electron chi connectivity index (χ4n) is 1.20. The van der Waals surface area contributed by atoms with Crippen LogP contribution in [0.4, 0.5) is 0 Å². The van der Waals surface area contributed by atoms with Gasteiger partial charge in [-0.3, -0.25) is 0 Å². The van der Waals surface area contributed by atoms with Crippen molar-refractivity contribution in [2.75, 3.05) is 0 Å². The Kier molecular flexibility index (Phi) is 2.14. The fraction of sp³-hybridized carbons (Fsp3) is 0.111. The summed E-state index contributed by atoms with van der Waals surface area (Å²) in [4.78, 5) is 4.00. The zero-order valence-electron chi connectivity index (χ0n) is 6.99. The lowest BCUT2D eigenvalue weighted by Crippen LogP contribution is -1.86. The average molecular weight is 239 g/mol. The van der Waals surface area contributed by atoms with Crippen LogP contribution in [0.25, 0.3) is 11.4 Å². The standard InChI is InChI=1S/C9H7BrN2O/c1-6-3-2-4-7(10)8(6)9-11-5-13-12-9/h2-5H,1H3. The molecule has 0 N–H and O–H groups in total. The van der Waals surface area contributed by atoms with Crippen LogP contribution < -0.4 is 0 Å². The molecule has 1 aromatic heterocycles. The molecule has 0 spiro atoms. The largest absolute Gasteiger partial charge is 0.342 e. The predicted octanol–water partition coefficient (Wildman–Crippen LogP) is 2.81. The first-order chi connectivity index (χ1) is 6.29. The maximum atomic E-state index is 4.70. The Morgan fingerprint density at radius 2 is 2.23 bits per heavy atom. The van der Waals surface area contributed by atoms with E-state index in [0.717, 1.165) is 15.6 Å². The minimum Gasteiger partial charge on any atom is -0.342 e. The molecular weight excluding hydrogens is 232 g/mol. The zero-order valence-corrected chi connectivity index (χ0v) is 8.58. The van der Waals surface area contributed by atoms with Gasteiger partial charge in [0.2, 0.25) is 12.2 Å². The van der Waals surface area contributed by atoms with Gasteiger partial charge in [-0.1, -0.05) is 33.2 Å². The number of aryl methyl sites for hydroxylation is 1. The van der Waals surface area contributed by atoms with E-state index in [4.69, 9.17) is 4.52 Å². The quantitative estimate of drug-likeness (QED) is 0.767. The van der Waals surface area contributed by atoms with Crippen molar-refractivity contribution in [3.8, 4) is 11.4 Å². The Morgan fingerprint density at radius 1 is 1.38 bits per heavy atom. The molecule has 3 nitrogen and oxygen atoms in total. The van der Waals surface area contributed by atoms with E-state index in [1.54, 1.807) is 0 Å². The molecule has 1 heterocycles. The van der Waals surface area contributed by atoms with Gasteiger partial charge in [-0.05, 0) is 18.6 Å². The first-order valence-corrected chi connectivity index (χ1v) is 4.60. The fourth-order valence-corrected chi connectivity index (χ4v) is 1.84. The molecule has 0 saturated heterocycles. The molecule has 0 aliphatic heterocycles. The lowest BCUT2D eigenvalue weighted by atomic mass is 10.1. The summed E-state index contributed by atoms with van der Waals surface area (Å²) in [5.41, 5.74) is 2.10. The van der Waals surface area contributed by atoms with Crippen LogP contribution in [-0.4, -0.2) is 10.1 Å². The van der Waals surface area contributed by atoms with Gasteiger partial charge in [-0.15, -0.1) is 0 Å². The predicted molar refractivity (Wildman–Crippen MR) is 52.2 cm³/mol. The van der Waals surface area contributed by atoms with Crippen LogP contribution in [0.15, 0.2) is 33.6 Å². The molecule has 0 aliphatic carbocycles. The molecule has 0 saturated carbocycles. The van der Waals surface area contributed by atoms with Gasteiger partial charge in [0.05, 0.1) is 0 Å². The average Bonchev–Trinajstić information content (AvgIpc) is 2.57. The van der Waals surface area contributed by atoms with Gasteiger partial charge in [0, 0.05) is 10.0 Å². The summed E-state index contributed by atoms with van der Waals surface area (Å²) < 4.78 is 5.68. The summed E-state index contributed by atoms with van der Waals surface area (Å²) in [6, 6.07) is 5.94. The molecule has 0 atom stereocenters. The molecule has 0 amide bonds. The summed E-state index contributed by atoms with van der Waals surface area (Å²) in [6.07, 6.45) is 1.33. The molecule has 0 unspecified atom stereocenters. The van der Waals surface area contributed by atoms with E-state index in [1.807, 2.05) is 25.1 Å². The second-order valence-corrected chi connectivity index (χ2v) is 3.54. The van der Waals surface area contributed by atoms with Crippen molar-refractivity contribution in [1.29, 1.82) is 0 Å². The Labute approximate surface area is 83.9 Å². The highest BCUT2D eigenvalue weighted by Gasteiger charge is 2.09. The minimum absolute atomic E-state index is 0.616. The van der Waals surface area contributed by atoms with Crippen LogP contribution in [0.1, 0.15) is 5.56 Å². The summed E-state index contributed by atoms with van der Waals surface area (Å²) in [5.74, 6) is 0.616. The highest BCUT2D eigenvalue weighted by Crippen LogP contribution is 2.28. The summed E-state index contributed by atoms with van der Waals surface area (Å²) >= 11 is 3.45. The van der Waals surface area contributed by atoms with Crippen LogP contribution >= 0.6 is 15.9 Å². The number of rotatable bonds is 1. The van der Waals surface area contributed by atoms with E-state index in [1.165, 1.54) is 6.39 Å². The molecule has 0 fully saturated rings. The molecule has 2 rings (SSSR count). The van der Waals surface area contributed by atoms with Gasteiger partial charge < -0.3 is 4.52 Å². The third kappa shape index (κ3) is 1.49. The Balaban J connectivity index is 2.64. The molecule has 1 aromatic carbocycles. The second-order valence-electron chi connectivity index (χ2n) is 2.69. The van der Waals surface area contributed by atoms with Crippen molar-refractivity contribution >= 4 is 15.9 Å². The van der Waals surface area contributed by atoms with E-state index >= 15 is 0 Å². The topological polar surface area (TPSA) is 38.9 Å². The number of halogens is 1. The summed E-state index contributed by atoms with van der Waals surface area (Å²) in [6.45, 7) is 2.01. The molecule has 66 valence electrons. The highest BCUT2D eigenvalue weighted by molar-refractivity contribution is 9.10. The summed E-state index contributed by atoms with van der Waals surface area (Å²) in [5, 5.41) is 3.79. The monoisotopic (exact) mass is 238 g/mol. The van der Waals surface area contributed by atoms with Gasteiger partial charge >= 0.3 is 0 Å².